The van der Waals surface area contributed by atoms with Gasteiger partial charge in [0.1, 0.15) is 29.5 Å². The van der Waals surface area contributed by atoms with Crippen LogP contribution in [0, 0.1) is 5.82 Å². The number of carbonyl (C=O) groups excluding carboxylic acids is 2. The van der Waals surface area contributed by atoms with Crippen LogP contribution in [-0.2, 0) is 13.0 Å². The van der Waals surface area contributed by atoms with Crippen LogP contribution in [0.1, 0.15) is 43.3 Å². The van der Waals surface area contributed by atoms with E-state index in [-0.39, 0.29) is 24.0 Å². The summed E-state index contributed by atoms with van der Waals surface area (Å²) in [4.78, 5) is 24.7. The summed E-state index contributed by atoms with van der Waals surface area (Å²) in [6, 6.07) is 25.4. The fourth-order valence-corrected chi connectivity index (χ4v) is 4.59. The van der Waals surface area contributed by atoms with Gasteiger partial charge in [0.15, 0.2) is 12.0 Å². The van der Waals surface area contributed by atoms with Crippen molar-refractivity contribution >= 4 is 34.6 Å². The van der Waals surface area contributed by atoms with Crippen LogP contribution in [-0.4, -0.2) is 27.1 Å². The molecule has 6 rings (SSSR count). The summed E-state index contributed by atoms with van der Waals surface area (Å²) in [5.74, 6) is 0.126. The van der Waals surface area contributed by atoms with Gasteiger partial charge >= 0.3 is 0 Å². The van der Waals surface area contributed by atoms with Crippen LogP contribution >= 0.6 is 11.6 Å². The number of ether oxygens (including phenoxy) is 1. The normalized spacial score (nSPS) is 11.1. The summed E-state index contributed by atoms with van der Waals surface area (Å²) in [7, 11) is 0. The summed E-state index contributed by atoms with van der Waals surface area (Å²) < 4.78 is 26.4. The van der Waals surface area contributed by atoms with E-state index in [9.17, 15) is 14.0 Å². The first-order chi connectivity index (χ1) is 19.9. The number of fused-ring (bicyclic) bond motifs is 1. The van der Waals surface area contributed by atoms with Gasteiger partial charge in [0.2, 0.25) is 5.78 Å². The zero-order valence-corrected chi connectivity index (χ0v) is 22.2. The highest BCUT2D eigenvalue weighted by Crippen LogP contribution is 2.26. The lowest BCUT2D eigenvalue weighted by atomic mass is 10.0. The second-order valence-corrected chi connectivity index (χ2v) is 9.84. The van der Waals surface area contributed by atoms with Crippen LogP contribution < -0.4 is 4.74 Å². The molecule has 0 aliphatic rings. The Balaban J connectivity index is 1.14. The molecule has 0 aliphatic heterocycles. The Kier molecular flexibility index (Phi) is 7.14. The van der Waals surface area contributed by atoms with Gasteiger partial charge in [0.25, 0.3) is 0 Å². The van der Waals surface area contributed by atoms with Crippen molar-refractivity contribution < 1.29 is 23.1 Å². The van der Waals surface area contributed by atoms with E-state index in [0.29, 0.717) is 45.3 Å². The number of nitrogens with zero attached hydrogens (tertiary/aromatic N) is 3. The zero-order chi connectivity index (χ0) is 28.3. The molecule has 0 bridgehead atoms. The smallest absolute Gasteiger partial charge is 0.228 e. The molecule has 0 saturated heterocycles. The Morgan fingerprint density at radius 3 is 2.49 bits per heavy atom. The Morgan fingerprint density at radius 1 is 0.951 bits per heavy atom. The minimum atomic E-state index is -0.333. The Labute approximate surface area is 238 Å². The van der Waals surface area contributed by atoms with Crippen LogP contribution in [0.15, 0.2) is 102 Å². The molecule has 0 fully saturated rings. The van der Waals surface area contributed by atoms with E-state index < -0.39 is 0 Å². The molecule has 0 radical (unpaired) electrons. The van der Waals surface area contributed by atoms with Crippen LogP contribution in [0.25, 0.3) is 16.7 Å². The lowest BCUT2D eigenvalue weighted by Gasteiger charge is -2.09. The number of halogens is 2. The third-order valence-corrected chi connectivity index (χ3v) is 6.78. The molecule has 2 heterocycles. The summed E-state index contributed by atoms with van der Waals surface area (Å²) in [5, 5.41) is 9.50. The van der Waals surface area contributed by atoms with Gasteiger partial charge in [0, 0.05) is 16.0 Å². The first kappa shape index (κ1) is 26.2. The standard InChI is InChI=1S/C32H21ClFN3O4/c33-25-5-3-22(4-6-25)32(39)31-16-23-14-20(2-12-30(23)41-31)13-21-1-11-29(24(15-21)18-38)40-19-27-17-37(36-35-27)28-9-7-26(34)8-10-28/h1-12,14-18H,13,19H2. The van der Waals surface area contributed by atoms with E-state index in [0.717, 1.165) is 22.8 Å². The number of furan rings is 1. The summed E-state index contributed by atoms with van der Waals surface area (Å²) in [5.41, 5.74) is 4.65. The average Bonchev–Trinajstić information content (AvgIpc) is 3.64. The molecule has 202 valence electrons. The number of benzene rings is 4. The minimum Gasteiger partial charge on any atom is -0.486 e. The van der Waals surface area contributed by atoms with Gasteiger partial charge in [-0.2, -0.15) is 0 Å². The molecule has 0 atom stereocenters. The van der Waals surface area contributed by atoms with Crippen molar-refractivity contribution in [1.29, 1.82) is 0 Å². The molecule has 2 aromatic heterocycles. The lowest BCUT2D eigenvalue weighted by Crippen LogP contribution is -2.00. The summed E-state index contributed by atoms with van der Waals surface area (Å²) in [6.45, 7) is 0.107. The van der Waals surface area contributed by atoms with Crippen molar-refractivity contribution in [2.45, 2.75) is 13.0 Å². The van der Waals surface area contributed by atoms with Crippen molar-refractivity contribution in [3.63, 3.8) is 0 Å². The maximum atomic E-state index is 13.2. The van der Waals surface area contributed by atoms with Gasteiger partial charge in [-0.25, -0.2) is 9.07 Å². The summed E-state index contributed by atoms with van der Waals surface area (Å²) >= 11 is 5.93. The van der Waals surface area contributed by atoms with Gasteiger partial charge in [-0.15, -0.1) is 5.10 Å². The van der Waals surface area contributed by atoms with E-state index in [1.54, 1.807) is 60.8 Å². The molecule has 0 amide bonds. The Hall–Kier alpha value is -5.08. The Morgan fingerprint density at radius 2 is 1.71 bits per heavy atom. The van der Waals surface area contributed by atoms with E-state index in [1.165, 1.54) is 16.8 Å². The van der Waals surface area contributed by atoms with Gasteiger partial charge in [-0.1, -0.05) is 28.9 Å². The zero-order valence-electron chi connectivity index (χ0n) is 21.5. The van der Waals surface area contributed by atoms with Gasteiger partial charge < -0.3 is 9.15 Å². The molecule has 7 nitrogen and oxygen atoms in total. The number of hydrogen-bond donors (Lipinski definition) is 0. The van der Waals surface area contributed by atoms with Crippen molar-refractivity contribution in [3.8, 4) is 11.4 Å². The highest BCUT2D eigenvalue weighted by Gasteiger charge is 2.15. The predicted molar refractivity (Wildman–Crippen MR) is 151 cm³/mol. The Bertz CT molecular complexity index is 1880. The topological polar surface area (TPSA) is 87.2 Å². The van der Waals surface area contributed by atoms with Crippen LogP contribution in [0.3, 0.4) is 0 Å². The minimum absolute atomic E-state index is 0.107. The highest BCUT2D eigenvalue weighted by molar-refractivity contribution is 6.30. The number of ketones is 1. The van der Waals surface area contributed by atoms with Crippen molar-refractivity contribution in [3.05, 3.63) is 142 Å². The lowest BCUT2D eigenvalue weighted by molar-refractivity contribution is 0.101. The van der Waals surface area contributed by atoms with E-state index in [1.807, 2.05) is 24.3 Å². The number of carbonyl (C=O) groups is 2. The number of aldehydes is 1. The van der Waals surface area contributed by atoms with Crippen LogP contribution in [0.4, 0.5) is 4.39 Å². The van der Waals surface area contributed by atoms with Crippen molar-refractivity contribution in [2.24, 2.45) is 0 Å². The summed E-state index contributed by atoms with van der Waals surface area (Å²) in [6.07, 6.45) is 3.00. The first-order valence-electron chi connectivity index (χ1n) is 12.7. The monoisotopic (exact) mass is 565 g/mol. The van der Waals surface area contributed by atoms with E-state index in [4.69, 9.17) is 20.8 Å². The van der Waals surface area contributed by atoms with Crippen LogP contribution in [0.5, 0.6) is 5.75 Å². The van der Waals surface area contributed by atoms with Crippen molar-refractivity contribution in [1.82, 2.24) is 15.0 Å². The maximum Gasteiger partial charge on any atom is 0.228 e. The number of rotatable bonds is 9. The molecular weight excluding hydrogens is 545 g/mol. The first-order valence-corrected chi connectivity index (χ1v) is 13.0. The number of hydrogen-bond acceptors (Lipinski definition) is 6. The van der Waals surface area contributed by atoms with Crippen LogP contribution in [0.2, 0.25) is 5.02 Å². The van der Waals surface area contributed by atoms with Gasteiger partial charge in [-0.3, -0.25) is 9.59 Å². The molecule has 0 aliphatic carbocycles. The molecule has 41 heavy (non-hydrogen) atoms. The SMILES string of the molecule is O=Cc1cc(Cc2ccc3oc(C(=O)c4ccc(Cl)cc4)cc3c2)ccc1OCc1cn(-c2ccc(F)cc2)nn1. The fraction of sp³-hybridized carbons (Fsp3) is 0.0625. The second-order valence-electron chi connectivity index (χ2n) is 9.41. The third-order valence-electron chi connectivity index (χ3n) is 6.53. The van der Waals surface area contributed by atoms with E-state index >= 15 is 0 Å². The molecule has 0 spiro atoms. The number of aromatic nitrogens is 3. The highest BCUT2D eigenvalue weighted by atomic mass is 35.5. The van der Waals surface area contributed by atoms with Gasteiger partial charge in [-0.05, 0) is 96.4 Å². The quantitative estimate of drug-likeness (QED) is 0.138. The molecule has 9 heteroatoms. The van der Waals surface area contributed by atoms with Gasteiger partial charge in [0.05, 0.1) is 17.4 Å². The molecule has 6 aromatic rings. The average molecular weight is 566 g/mol. The van der Waals surface area contributed by atoms with E-state index in [2.05, 4.69) is 10.3 Å². The third kappa shape index (κ3) is 5.78. The molecule has 4 aromatic carbocycles. The molecule has 0 N–H and O–H groups in total. The molecular formula is C32H21ClFN3O4. The second kappa shape index (κ2) is 11.2. The largest absolute Gasteiger partial charge is 0.486 e. The maximum absolute atomic E-state index is 13.2. The predicted octanol–water partition coefficient (Wildman–Crippen LogP) is 7.02. The van der Waals surface area contributed by atoms with Crippen molar-refractivity contribution in [2.75, 3.05) is 0 Å². The fourth-order valence-electron chi connectivity index (χ4n) is 4.46. The molecule has 0 saturated carbocycles. The molecule has 0 unspecified atom stereocenters.